The summed E-state index contributed by atoms with van der Waals surface area (Å²) in [5.41, 5.74) is 1.45. The Kier molecular flexibility index (Phi) is 5.20. The average Bonchev–Trinajstić information content (AvgIpc) is 2.47. The van der Waals surface area contributed by atoms with Crippen molar-refractivity contribution < 1.29 is 9.59 Å². The maximum atomic E-state index is 12.0. The van der Waals surface area contributed by atoms with E-state index in [-0.39, 0.29) is 18.0 Å². The lowest BCUT2D eigenvalue weighted by Gasteiger charge is -2.23. The van der Waals surface area contributed by atoms with E-state index in [0.717, 1.165) is 18.5 Å². The Labute approximate surface area is 125 Å². The molecule has 0 bridgehead atoms. The zero-order chi connectivity index (χ0) is 15.2. The highest BCUT2D eigenvalue weighted by Gasteiger charge is 2.15. The monoisotopic (exact) mass is 289 g/mol. The second-order valence-corrected chi connectivity index (χ2v) is 5.56. The highest BCUT2D eigenvalue weighted by molar-refractivity contribution is 5.93. The van der Waals surface area contributed by atoms with Crippen molar-refractivity contribution >= 4 is 23.3 Å². The van der Waals surface area contributed by atoms with Gasteiger partial charge in [0.1, 0.15) is 0 Å². The fourth-order valence-corrected chi connectivity index (χ4v) is 2.57. The van der Waals surface area contributed by atoms with Crippen LogP contribution in [0.3, 0.4) is 0 Å². The Morgan fingerprint density at radius 1 is 1.19 bits per heavy atom. The Morgan fingerprint density at radius 2 is 1.90 bits per heavy atom. The van der Waals surface area contributed by atoms with Crippen molar-refractivity contribution in [1.82, 2.24) is 5.32 Å². The SMILES string of the molecule is CC(=O)N(C)c1cccc(NC(=O)NC2CCCCC2)c1. The average molecular weight is 289 g/mol. The lowest BCUT2D eigenvalue weighted by molar-refractivity contribution is -0.116. The van der Waals surface area contributed by atoms with Gasteiger partial charge in [-0.1, -0.05) is 25.3 Å². The van der Waals surface area contributed by atoms with Crippen LogP contribution < -0.4 is 15.5 Å². The van der Waals surface area contributed by atoms with Crippen LogP contribution in [0.1, 0.15) is 39.0 Å². The molecule has 1 fully saturated rings. The third kappa shape index (κ3) is 4.48. The van der Waals surface area contributed by atoms with Crippen molar-refractivity contribution in [2.45, 2.75) is 45.1 Å². The smallest absolute Gasteiger partial charge is 0.319 e. The van der Waals surface area contributed by atoms with Gasteiger partial charge in [0.25, 0.3) is 0 Å². The number of nitrogens with zero attached hydrogens (tertiary/aromatic N) is 1. The van der Waals surface area contributed by atoms with Gasteiger partial charge in [0.15, 0.2) is 0 Å². The number of urea groups is 1. The molecule has 0 saturated heterocycles. The second-order valence-electron chi connectivity index (χ2n) is 5.56. The molecule has 1 aliphatic rings. The predicted octanol–water partition coefficient (Wildman–Crippen LogP) is 3.12. The van der Waals surface area contributed by atoms with Gasteiger partial charge in [-0.15, -0.1) is 0 Å². The number of hydrogen-bond donors (Lipinski definition) is 2. The van der Waals surface area contributed by atoms with Crippen LogP contribution in [-0.2, 0) is 4.79 Å². The first kappa shape index (κ1) is 15.4. The van der Waals surface area contributed by atoms with Crippen LogP contribution in [0.15, 0.2) is 24.3 Å². The molecule has 0 aromatic heterocycles. The van der Waals surface area contributed by atoms with E-state index in [0.29, 0.717) is 5.69 Å². The van der Waals surface area contributed by atoms with E-state index in [2.05, 4.69) is 10.6 Å². The molecule has 0 aliphatic heterocycles. The molecule has 0 spiro atoms. The summed E-state index contributed by atoms with van der Waals surface area (Å²) < 4.78 is 0. The zero-order valence-corrected chi connectivity index (χ0v) is 12.7. The number of rotatable bonds is 3. The van der Waals surface area contributed by atoms with Gasteiger partial charge in [0.05, 0.1) is 0 Å². The fraction of sp³-hybridized carbons (Fsp3) is 0.500. The Bertz CT molecular complexity index is 510. The summed E-state index contributed by atoms with van der Waals surface area (Å²) in [6.45, 7) is 1.51. The summed E-state index contributed by atoms with van der Waals surface area (Å²) in [5.74, 6) is -0.0428. The normalized spacial score (nSPS) is 15.3. The van der Waals surface area contributed by atoms with Gasteiger partial charge >= 0.3 is 6.03 Å². The largest absolute Gasteiger partial charge is 0.335 e. The van der Waals surface area contributed by atoms with Gasteiger partial charge < -0.3 is 15.5 Å². The van der Waals surface area contributed by atoms with Gasteiger partial charge in [-0.2, -0.15) is 0 Å². The molecule has 0 unspecified atom stereocenters. The summed E-state index contributed by atoms with van der Waals surface area (Å²) in [5, 5.41) is 5.84. The summed E-state index contributed by atoms with van der Waals surface area (Å²) >= 11 is 0. The molecular weight excluding hydrogens is 266 g/mol. The van der Waals surface area contributed by atoms with Crippen LogP contribution in [0.2, 0.25) is 0 Å². The molecule has 1 saturated carbocycles. The predicted molar refractivity (Wildman–Crippen MR) is 84.6 cm³/mol. The molecule has 0 atom stereocenters. The second kappa shape index (κ2) is 7.11. The lowest BCUT2D eigenvalue weighted by Crippen LogP contribution is -2.39. The van der Waals surface area contributed by atoms with E-state index in [1.807, 2.05) is 18.2 Å². The molecule has 3 amide bonds. The minimum atomic E-state index is -0.176. The molecule has 5 heteroatoms. The van der Waals surface area contributed by atoms with Gasteiger partial charge in [0.2, 0.25) is 5.91 Å². The summed E-state index contributed by atoms with van der Waals surface area (Å²) in [6.07, 6.45) is 5.74. The number of anilines is 2. The third-order valence-electron chi connectivity index (χ3n) is 3.90. The third-order valence-corrected chi connectivity index (χ3v) is 3.90. The molecule has 1 aromatic carbocycles. The van der Waals surface area contributed by atoms with E-state index < -0.39 is 0 Å². The Morgan fingerprint density at radius 3 is 2.57 bits per heavy atom. The van der Waals surface area contributed by atoms with E-state index in [4.69, 9.17) is 0 Å². The van der Waals surface area contributed by atoms with Crippen LogP contribution >= 0.6 is 0 Å². The van der Waals surface area contributed by atoms with Gasteiger partial charge in [-0.25, -0.2) is 4.79 Å². The minimum absolute atomic E-state index is 0.0428. The number of carbonyl (C=O) groups is 2. The standard InChI is InChI=1S/C16H23N3O2/c1-12(20)19(2)15-10-6-9-14(11-15)18-16(21)17-13-7-4-3-5-8-13/h6,9-11,13H,3-5,7-8H2,1-2H3,(H2,17,18,21). The topological polar surface area (TPSA) is 61.4 Å². The first-order valence-corrected chi connectivity index (χ1v) is 7.48. The molecule has 2 N–H and O–H groups in total. The number of nitrogens with one attached hydrogen (secondary N) is 2. The molecule has 1 aromatic rings. The van der Waals surface area contributed by atoms with Crippen molar-refractivity contribution in [2.75, 3.05) is 17.3 Å². The molecule has 21 heavy (non-hydrogen) atoms. The maximum Gasteiger partial charge on any atom is 0.319 e. The molecule has 114 valence electrons. The van der Waals surface area contributed by atoms with Crippen LogP contribution in [0.4, 0.5) is 16.2 Å². The van der Waals surface area contributed by atoms with E-state index in [1.165, 1.54) is 26.2 Å². The molecule has 0 heterocycles. The number of benzene rings is 1. The molecule has 5 nitrogen and oxygen atoms in total. The van der Waals surface area contributed by atoms with Crippen LogP contribution in [-0.4, -0.2) is 25.0 Å². The van der Waals surface area contributed by atoms with Gasteiger partial charge in [-0.05, 0) is 31.0 Å². The highest BCUT2D eigenvalue weighted by Crippen LogP contribution is 2.20. The molecule has 2 rings (SSSR count). The minimum Gasteiger partial charge on any atom is -0.335 e. The molecule has 1 aliphatic carbocycles. The first-order valence-electron chi connectivity index (χ1n) is 7.48. The molecule has 0 radical (unpaired) electrons. The summed E-state index contributed by atoms with van der Waals surface area (Å²) in [6, 6.07) is 7.38. The van der Waals surface area contributed by atoms with E-state index in [9.17, 15) is 9.59 Å². The van der Waals surface area contributed by atoms with Crippen LogP contribution in [0.25, 0.3) is 0 Å². The summed E-state index contributed by atoms with van der Waals surface area (Å²) in [7, 11) is 1.71. The maximum absolute atomic E-state index is 12.0. The fourth-order valence-electron chi connectivity index (χ4n) is 2.57. The quantitative estimate of drug-likeness (QED) is 0.898. The van der Waals surface area contributed by atoms with Crippen molar-refractivity contribution in [3.63, 3.8) is 0 Å². The number of hydrogen-bond acceptors (Lipinski definition) is 2. The van der Waals surface area contributed by atoms with Crippen molar-refractivity contribution in [1.29, 1.82) is 0 Å². The van der Waals surface area contributed by atoms with Crippen LogP contribution in [0, 0.1) is 0 Å². The van der Waals surface area contributed by atoms with E-state index >= 15 is 0 Å². The van der Waals surface area contributed by atoms with Crippen molar-refractivity contribution in [2.24, 2.45) is 0 Å². The van der Waals surface area contributed by atoms with Gasteiger partial charge in [-0.3, -0.25) is 4.79 Å². The van der Waals surface area contributed by atoms with E-state index in [1.54, 1.807) is 18.0 Å². The number of carbonyl (C=O) groups excluding carboxylic acids is 2. The Hall–Kier alpha value is -2.04. The first-order chi connectivity index (χ1) is 10.1. The number of amides is 3. The van der Waals surface area contributed by atoms with Crippen LogP contribution in [0.5, 0.6) is 0 Å². The van der Waals surface area contributed by atoms with Crippen molar-refractivity contribution in [3.05, 3.63) is 24.3 Å². The Balaban J connectivity index is 1.94. The van der Waals surface area contributed by atoms with Crippen molar-refractivity contribution in [3.8, 4) is 0 Å². The zero-order valence-electron chi connectivity index (χ0n) is 12.7. The summed E-state index contributed by atoms with van der Waals surface area (Å²) in [4.78, 5) is 24.9. The molecular formula is C16H23N3O2. The highest BCUT2D eigenvalue weighted by atomic mass is 16.2. The van der Waals surface area contributed by atoms with Gasteiger partial charge in [0, 0.05) is 31.4 Å². The lowest BCUT2D eigenvalue weighted by atomic mass is 9.96.